The number of carbonyl (C=O) groups excluding carboxylic acids is 4. The van der Waals surface area contributed by atoms with Crippen molar-refractivity contribution in [3.05, 3.63) is 48.0 Å². The molecule has 1 saturated carbocycles. The first kappa shape index (κ1) is 21.3. The summed E-state index contributed by atoms with van der Waals surface area (Å²) in [6.07, 6.45) is 5.04. The zero-order valence-electron chi connectivity index (χ0n) is 18.3. The van der Waals surface area contributed by atoms with Crippen molar-refractivity contribution in [1.29, 1.82) is 0 Å². The molecule has 4 amide bonds. The van der Waals surface area contributed by atoms with Crippen LogP contribution in [-0.2, 0) is 14.3 Å². The van der Waals surface area contributed by atoms with Gasteiger partial charge in [-0.3, -0.25) is 14.5 Å². The molecular formula is C24H28N2O5. The van der Waals surface area contributed by atoms with Crippen molar-refractivity contribution in [2.75, 3.05) is 6.54 Å². The highest BCUT2D eigenvalue weighted by Crippen LogP contribution is 2.49. The van der Waals surface area contributed by atoms with E-state index >= 15 is 0 Å². The number of urea groups is 1. The van der Waals surface area contributed by atoms with E-state index in [2.05, 4.69) is 6.08 Å². The SMILES string of the molecule is C[C@@H]1[C@@H](C(=O)N2C(=O)N(C(=O)c3ccccc3)C[C@H]2C(=O)OC(C)(C)C)[C@H]2C=C[C@@H]1C2. The second-order valence-electron chi connectivity index (χ2n) is 9.66. The molecule has 1 aromatic carbocycles. The number of ether oxygens (including phenoxy) is 1. The average molecular weight is 424 g/mol. The Morgan fingerprint density at radius 1 is 1.03 bits per heavy atom. The van der Waals surface area contributed by atoms with Crippen LogP contribution in [-0.4, -0.2) is 51.8 Å². The van der Waals surface area contributed by atoms with Crippen LogP contribution in [0.1, 0.15) is 44.5 Å². The predicted octanol–water partition coefficient (Wildman–Crippen LogP) is 3.26. The van der Waals surface area contributed by atoms with Gasteiger partial charge in [-0.15, -0.1) is 0 Å². The first-order valence-corrected chi connectivity index (χ1v) is 10.7. The second kappa shape index (κ2) is 7.62. The lowest BCUT2D eigenvalue weighted by Crippen LogP contribution is -2.50. The molecule has 1 aromatic rings. The molecule has 7 nitrogen and oxygen atoms in total. The number of hydrogen-bond acceptors (Lipinski definition) is 5. The molecule has 1 heterocycles. The summed E-state index contributed by atoms with van der Waals surface area (Å²) in [5.41, 5.74) is -0.460. The zero-order chi connectivity index (χ0) is 22.5. The van der Waals surface area contributed by atoms with Gasteiger partial charge in [-0.25, -0.2) is 14.5 Å². The maximum absolute atomic E-state index is 13.6. The fourth-order valence-corrected chi connectivity index (χ4v) is 4.94. The number of imide groups is 2. The van der Waals surface area contributed by atoms with Crippen molar-refractivity contribution in [1.82, 2.24) is 9.80 Å². The van der Waals surface area contributed by atoms with Gasteiger partial charge in [0.1, 0.15) is 5.60 Å². The quantitative estimate of drug-likeness (QED) is 0.549. The monoisotopic (exact) mass is 424 g/mol. The number of nitrogens with zero attached hydrogens (tertiary/aromatic N) is 2. The summed E-state index contributed by atoms with van der Waals surface area (Å²) in [5, 5.41) is 0. The van der Waals surface area contributed by atoms with Crippen molar-refractivity contribution in [3.63, 3.8) is 0 Å². The molecule has 0 N–H and O–H groups in total. The Morgan fingerprint density at radius 2 is 1.68 bits per heavy atom. The Labute approximate surface area is 182 Å². The molecular weight excluding hydrogens is 396 g/mol. The third-order valence-corrected chi connectivity index (χ3v) is 6.42. The minimum Gasteiger partial charge on any atom is -0.458 e. The van der Waals surface area contributed by atoms with Gasteiger partial charge in [-0.2, -0.15) is 0 Å². The van der Waals surface area contributed by atoms with Crippen molar-refractivity contribution in [3.8, 4) is 0 Å². The van der Waals surface area contributed by atoms with Crippen molar-refractivity contribution in [2.45, 2.75) is 45.8 Å². The third kappa shape index (κ3) is 3.77. The van der Waals surface area contributed by atoms with Crippen LogP contribution < -0.4 is 0 Å². The van der Waals surface area contributed by atoms with Crippen LogP contribution in [0.3, 0.4) is 0 Å². The summed E-state index contributed by atoms with van der Waals surface area (Å²) in [6.45, 7) is 6.97. The largest absolute Gasteiger partial charge is 0.458 e. The molecule has 0 radical (unpaired) electrons. The first-order valence-electron chi connectivity index (χ1n) is 10.7. The number of hydrogen-bond donors (Lipinski definition) is 0. The molecule has 1 saturated heterocycles. The van der Waals surface area contributed by atoms with Gasteiger partial charge < -0.3 is 4.74 Å². The van der Waals surface area contributed by atoms with Gasteiger partial charge >= 0.3 is 12.0 Å². The van der Waals surface area contributed by atoms with E-state index in [1.54, 1.807) is 51.1 Å². The van der Waals surface area contributed by atoms with E-state index in [1.807, 2.05) is 13.0 Å². The zero-order valence-corrected chi connectivity index (χ0v) is 18.3. The first-order chi connectivity index (χ1) is 14.6. The number of amides is 4. The number of esters is 1. The Hall–Kier alpha value is -2.96. The van der Waals surface area contributed by atoms with Gasteiger partial charge in [0.05, 0.1) is 6.54 Å². The van der Waals surface area contributed by atoms with Crippen LogP contribution in [0.25, 0.3) is 0 Å². The fraction of sp³-hybridized carbons (Fsp3) is 0.500. The predicted molar refractivity (Wildman–Crippen MR) is 113 cm³/mol. The van der Waals surface area contributed by atoms with E-state index in [0.717, 1.165) is 16.2 Å². The van der Waals surface area contributed by atoms with E-state index in [0.29, 0.717) is 11.5 Å². The molecule has 1 aliphatic heterocycles. The molecule has 5 atom stereocenters. The molecule has 2 bridgehead atoms. The smallest absolute Gasteiger partial charge is 0.334 e. The second-order valence-corrected chi connectivity index (χ2v) is 9.66. The maximum Gasteiger partial charge on any atom is 0.334 e. The molecule has 0 unspecified atom stereocenters. The van der Waals surface area contributed by atoms with Crippen LogP contribution in [0, 0.1) is 23.7 Å². The van der Waals surface area contributed by atoms with Crippen LogP contribution in [0.15, 0.2) is 42.5 Å². The molecule has 0 spiro atoms. The number of fused-ring (bicyclic) bond motifs is 2. The minimum absolute atomic E-state index is 0.0541. The number of benzene rings is 1. The highest BCUT2D eigenvalue weighted by atomic mass is 16.6. The summed E-state index contributed by atoms with van der Waals surface area (Å²) >= 11 is 0. The van der Waals surface area contributed by atoms with Gasteiger partial charge in [0.25, 0.3) is 5.91 Å². The standard InChI is InChI=1S/C24H28N2O5/c1-14-16-10-11-17(12-16)19(14)21(28)26-18(22(29)31-24(2,3)4)13-25(23(26)30)20(27)15-8-6-5-7-9-15/h5-11,14,16-19H,12-13H2,1-4H3/t14-,16+,17-,18-,19+/m0/s1. The Kier molecular flexibility index (Phi) is 5.23. The topological polar surface area (TPSA) is 84.0 Å². The highest BCUT2D eigenvalue weighted by Gasteiger charge is 2.54. The van der Waals surface area contributed by atoms with Gasteiger partial charge in [-0.1, -0.05) is 37.3 Å². The van der Waals surface area contributed by atoms with Gasteiger partial charge in [-0.05, 0) is 57.1 Å². The summed E-state index contributed by atoms with van der Waals surface area (Å²) in [7, 11) is 0. The average Bonchev–Trinajstić information content (AvgIpc) is 3.39. The van der Waals surface area contributed by atoms with Crippen LogP contribution in [0.5, 0.6) is 0 Å². The summed E-state index contributed by atoms with van der Waals surface area (Å²) in [5.74, 6) is -1.55. The maximum atomic E-state index is 13.6. The summed E-state index contributed by atoms with van der Waals surface area (Å²) < 4.78 is 5.50. The van der Waals surface area contributed by atoms with Crippen LogP contribution >= 0.6 is 0 Å². The molecule has 0 aromatic heterocycles. The lowest BCUT2D eigenvalue weighted by molar-refractivity contribution is -0.162. The Balaban J connectivity index is 1.65. The van der Waals surface area contributed by atoms with Crippen molar-refractivity contribution in [2.24, 2.45) is 23.7 Å². The molecule has 2 aliphatic carbocycles. The lowest BCUT2D eigenvalue weighted by Gasteiger charge is -2.30. The molecule has 4 rings (SSSR count). The fourth-order valence-electron chi connectivity index (χ4n) is 4.94. The summed E-state index contributed by atoms with van der Waals surface area (Å²) in [4.78, 5) is 54.8. The number of allylic oxidation sites excluding steroid dienone is 2. The van der Waals surface area contributed by atoms with Crippen LogP contribution in [0.2, 0.25) is 0 Å². The minimum atomic E-state index is -1.15. The molecule has 7 heteroatoms. The molecule has 2 fully saturated rings. The van der Waals surface area contributed by atoms with Gasteiger partial charge in [0.2, 0.25) is 5.91 Å². The van der Waals surface area contributed by atoms with Crippen molar-refractivity contribution < 1.29 is 23.9 Å². The van der Waals surface area contributed by atoms with E-state index in [-0.39, 0.29) is 24.3 Å². The van der Waals surface area contributed by atoms with E-state index < -0.39 is 35.5 Å². The van der Waals surface area contributed by atoms with E-state index in [1.165, 1.54) is 0 Å². The lowest BCUT2D eigenvalue weighted by atomic mass is 9.83. The number of carbonyl (C=O) groups is 4. The van der Waals surface area contributed by atoms with Gasteiger partial charge in [0, 0.05) is 11.5 Å². The van der Waals surface area contributed by atoms with E-state index in [4.69, 9.17) is 4.74 Å². The third-order valence-electron chi connectivity index (χ3n) is 6.42. The van der Waals surface area contributed by atoms with Gasteiger partial charge in [0.15, 0.2) is 6.04 Å². The molecule has 31 heavy (non-hydrogen) atoms. The normalized spacial score (nSPS) is 29.5. The Morgan fingerprint density at radius 3 is 2.26 bits per heavy atom. The highest BCUT2D eigenvalue weighted by molar-refractivity contribution is 6.12. The van der Waals surface area contributed by atoms with Crippen molar-refractivity contribution >= 4 is 23.8 Å². The molecule has 3 aliphatic rings. The van der Waals surface area contributed by atoms with E-state index in [9.17, 15) is 19.2 Å². The van der Waals surface area contributed by atoms with Crippen LogP contribution in [0.4, 0.5) is 4.79 Å². The summed E-state index contributed by atoms with van der Waals surface area (Å²) in [6, 6.07) is 6.47. The Bertz CT molecular complexity index is 948. The molecule has 164 valence electrons. The number of rotatable bonds is 3.